The number of hydrogen-bond donors (Lipinski definition) is 3. The molecule has 1 atom stereocenters. The fourth-order valence-corrected chi connectivity index (χ4v) is 2.99. The first-order chi connectivity index (χ1) is 13.1. The van der Waals surface area contributed by atoms with Gasteiger partial charge in [0.25, 0.3) is 0 Å². The van der Waals surface area contributed by atoms with Crippen LogP contribution >= 0.6 is 0 Å². The van der Waals surface area contributed by atoms with Gasteiger partial charge in [0, 0.05) is 28.4 Å². The number of phenols is 2. The number of rotatable bonds is 6. The summed E-state index contributed by atoms with van der Waals surface area (Å²) in [5.41, 5.74) is 2.72. The second-order valence-electron chi connectivity index (χ2n) is 6.18. The zero-order valence-corrected chi connectivity index (χ0v) is 15.1. The Bertz CT molecular complexity index is 1020. The molecule has 0 aliphatic rings. The van der Waals surface area contributed by atoms with Gasteiger partial charge in [-0.05, 0) is 25.1 Å². The van der Waals surface area contributed by atoms with Crippen molar-refractivity contribution in [2.75, 3.05) is 0 Å². The van der Waals surface area contributed by atoms with Gasteiger partial charge in [-0.2, -0.15) is 0 Å². The highest BCUT2D eigenvalue weighted by atomic mass is 16.3. The maximum Gasteiger partial charge on any atom is 0.147 e. The normalized spacial score (nSPS) is 13.0. The van der Waals surface area contributed by atoms with Crippen LogP contribution in [0.25, 0.3) is 10.9 Å². The standard InChI is InChI=1S/C23H22N2O2/c1-3-4-5-9-16(2)25-22(18-11-6-7-12-20(18)26)19-14-13-17-10-8-15-24-21(17)23(19)27/h3-15,22,25-27H,1H2,2H3/b5-4-,16-9+. The molecule has 4 nitrogen and oxygen atoms in total. The summed E-state index contributed by atoms with van der Waals surface area (Å²) in [6.45, 7) is 5.58. The van der Waals surface area contributed by atoms with Gasteiger partial charge in [-0.25, -0.2) is 0 Å². The van der Waals surface area contributed by atoms with E-state index in [4.69, 9.17) is 0 Å². The average molecular weight is 358 g/mol. The Morgan fingerprint density at radius 1 is 1.04 bits per heavy atom. The maximum absolute atomic E-state index is 10.9. The molecule has 136 valence electrons. The number of hydrogen-bond acceptors (Lipinski definition) is 4. The van der Waals surface area contributed by atoms with Crippen LogP contribution in [0.15, 0.2) is 91.3 Å². The summed E-state index contributed by atoms with van der Waals surface area (Å²) in [6, 6.07) is 14.2. The number of fused-ring (bicyclic) bond motifs is 1. The molecule has 0 aliphatic carbocycles. The monoisotopic (exact) mass is 358 g/mol. The topological polar surface area (TPSA) is 65.4 Å². The minimum absolute atomic E-state index is 0.100. The number of pyridine rings is 1. The highest BCUT2D eigenvalue weighted by molar-refractivity contribution is 5.85. The second-order valence-corrected chi connectivity index (χ2v) is 6.18. The summed E-state index contributed by atoms with van der Waals surface area (Å²) in [6.07, 6.45) is 8.96. The molecule has 3 aromatic rings. The predicted octanol–water partition coefficient (Wildman–Crippen LogP) is 4.97. The van der Waals surface area contributed by atoms with E-state index in [1.807, 2.05) is 61.5 Å². The first-order valence-corrected chi connectivity index (χ1v) is 8.69. The molecule has 0 radical (unpaired) electrons. The van der Waals surface area contributed by atoms with E-state index in [1.165, 1.54) is 0 Å². The Morgan fingerprint density at radius 2 is 1.85 bits per heavy atom. The van der Waals surface area contributed by atoms with Gasteiger partial charge in [-0.1, -0.05) is 61.2 Å². The van der Waals surface area contributed by atoms with Gasteiger partial charge in [0.2, 0.25) is 0 Å². The summed E-state index contributed by atoms with van der Waals surface area (Å²) in [7, 11) is 0. The Kier molecular flexibility index (Phi) is 5.57. The number of para-hydroxylation sites is 1. The molecule has 0 saturated carbocycles. The third kappa shape index (κ3) is 4.01. The molecular formula is C23H22N2O2. The lowest BCUT2D eigenvalue weighted by atomic mass is 9.95. The fraction of sp³-hybridized carbons (Fsp3) is 0.0870. The van der Waals surface area contributed by atoms with Crippen LogP contribution in [0.4, 0.5) is 0 Å². The molecule has 4 heteroatoms. The minimum Gasteiger partial charge on any atom is -0.508 e. The number of benzene rings is 2. The van der Waals surface area contributed by atoms with Gasteiger partial charge < -0.3 is 15.5 Å². The zero-order valence-electron chi connectivity index (χ0n) is 15.1. The third-order valence-electron chi connectivity index (χ3n) is 4.30. The van der Waals surface area contributed by atoms with Gasteiger partial charge in [0.1, 0.15) is 17.0 Å². The molecule has 0 saturated heterocycles. The van der Waals surface area contributed by atoms with E-state index < -0.39 is 6.04 Å². The molecule has 0 spiro atoms. The average Bonchev–Trinajstić information content (AvgIpc) is 2.68. The van der Waals surface area contributed by atoms with E-state index >= 15 is 0 Å². The molecule has 1 unspecified atom stereocenters. The lowest BCUT2D eigenvalue weighted by Gasteiger charge is -2.23. The van der Waals surface area contributed by atoms with Crippen molar-refractivity contribution >= 4 is 10.9 Å². The lowest BCUT2D eigenvalue weighted by molar-refractivity contribution is 0.450. The van der Waals surface area contributed by atoms with Crippen molar-refractivity contribution in [3.05, 3.63) is 102 Å². The number of aromatic nitrogens is 1. The van der Waals surface area contributed by atoms with E-state index in [0.29, 0.717) is 16.6 Å². The fourth-order valence-electron chi connectivity index (χ4n) is 2.99. The lowest BCUT2D eigenvalue weighted by Crippen LogP contribution is -2.21. The number of nitrogens with one attached hydrogen (secondary N) is 1. The predicted molar refractivity (Wildman–Crippen MR) is 110 cm³/mol. The Morgan fingerprint density at radius 3 is 2.63 bits per heavy atom. The summed E-state index contributed by atoms with van der Waals surface area (Å²) in [4.78, 5) is 4.30. The molecule has 2 aromatic carbocycles. The summed E-state index contributed by atoms with van der Waals surface area (Å²) in [5, 5.41) is 25.5. The van der Waals surface area contributed by atoms with Crippen molar-refractivity contribution in [1.29, 1.82) is 0 Å². The van der Waals surface area contributed by atoms with Crippen molar-refractivity contribution in [3.8, 4) is 11.5 Å². The van der Waals surface area contributed by atoms with Crippen LogP contribution in [0.2, 0.25) is 0 Å². The molecule has 3 N–H and O–H groups in total. The summed E-state index contributed by atoms with van der Waals surface area (Å²) < 4.78 is 0. The van der Waals surface area contributed by atoms with Crippen molar-refractivity contribution < 1.29 is 10.2 Å². The van der Waals surface area contributed by atoms with Crippen molar-refractivity contribution in [3.63, 3.8) is 0 Å². The van der Waals surface area contributed by atoms with Crippen LogP contribution in [0.3, 0.4) is 0 Å². The first-order valence-electron chi connectivity index (χ1n) is 8.69. The van der Waals surface area contributed by atoms with Gasteiger partial charge in [0.05, 0.1) is 6.04 Å². The third-order valence-corrected chi connectivity index (χ3v) is 4.30. The number of aromatic hydroxyl groups is 2. The molecule has 1 heterocycles. The zero-order chi connectivity index (χ0) is 19.2. The van der Waals surface area contributed by atoms with Crippen LogP contribution in [0.1, 0.15) is 24.1 Å². The minimum atomic E-state index is -0.439. The molecule has 0 amide bonds. The smallest absolute Gasteiger partial charge is 0.147 e. The van der Waals surface area contributed by atoms with Gasteiger partial charge in [-0.15, -0.1) is 0 Å². The Balaban J connectivity index is 2.11. The molecule has 27 heavy (non-hydrogen) atoms. The molecule has 0 aliphatic heterocycles. The number of phenolic OH excluding ortho intramolecular Hbond substituents is 2. The van der Waals surface area contributed by atoms with Crippen LogP contribution in [0, 0.1) is 0 Å². The van der Waals surface area contributed by atoms with Crippen LogP contribution < -0.4 is 5.32 Å². The maximum atomic E-state index is 10.9. The van der Waals surface area contributed by atoms with Crippen LogP contribution in [-0.4, -0.2) is 15.2 Å². The first kappa shape index (κ1) is 18.3. The quantitative estimate of drug-likeness (QED) is 0.544. The van der Waals surface area contributed by atoms with Crippen molar-refractivity contribution in [2.45, 2.75) is 13.0 Å². The van der Waals surface area contributed by atoms with Crippen molar-refractivity contribution in [2.24, 2.45) is 0 Å². The van der Waals surface area contributed by atoms with E-state index in [-0.39, 0.29) is 11.5 Å². The molecule has 0 fully saturated rings. The second kappa shape index (κ2) is 8.23. The molecule has 0 bridgehead atoms. The number of nitrogens with zero attached hydrogens (tertiary/aromatic N) is 1. The molecule has 3 rings (SSSR count). The van der Waals surface area contributed by atoms with E-state index in [0.717, 1.165) is 11.1 Å². The van der Waals surface area contributed by atoms with Crippen molar-refractivity contribution in [1.82, 2.24) is 10.3 Å². The molecule has 1 aromatic heterocycles. The molecular weight excluding hydrogens is 336 g/mol. The highest BCUT2D eigenvalue weighted by Crippen LogP contribution is 2.37. The van der Waals surface area contributed by atoms with Gasteiger partial charge in [-0.3, -0.25) is 4.98 Å². The Hall–Kier alpha value is -3.53. The van der Waals surface area contributed by atoms with E-state index in [9.17, 15) is 10.2 Å². The van der Waals surface area contributed by atoms with Gasteiger partial charge >= 0.3 is 0 Å². The van der Waals surface area contributed by atoms with E-state index in [2.05, 4.69) is 16.9 Å². The van der Waals surface area contributed by atoms with Gasteiger partial charge in [0.15, 0.2) is 0 Å². The SMILES string of the molecule is C=C/C=C\C=C(/C)NC(c1ccccc1O)c1ccc2cccnc2c1O. The summed E-state index contributed by atoms with van der Waals surface area (Å²) in [5.74, 6) is 0.258. The van der Waals surface area contributed by atoms with Crippen LogP contribution in [0.5, 0.6) is 11.5 Å². The van der Waals surface area contributed by atoms with E-state index in [1.54, 1.807) is 24.4 Å². The largest absolute Gasteiger partial charge is 0.508 e. The highest BCUT2D eigenvalue weighted by Gasteiger charge is 2.22. The Labute approximate surface area is 158 Å². The van der Waals surface area contributed by atoms with Crippen LogP contribution in [-0.2, 0) is 0 Å². The summed E-state index contributed by atoms with van der Waals surface area (Å²) >= 11 is 0. The number of allylic oxidation sites excluding steroid dienone is 5.